The van der Waals surface area contributed by atoms with Gasteiger partial charge < -0.3 is 9.84 Å². The van der Waals surface area contributed by atoms with Crippen LogP contribution in [0.1, 0.15) is 10.4 Å². The smallest absolute Gasteiger partial charge is 0.340 e. The third-order valence-electron chi connectivity index (χ3n) is 2.45. The van der Waals surface area contributed by atoms with E-state index in [1.165, 1.54) is 7.11 Å². The van der Waals surface area contributed by atoms with E-state index in [1.807, 2.05) is 0 Å². The number of carboxylic acid groups (broad SMARTS) is 1. The Hall–Kier alpha value is -2.36. The summed E-state index contributed by atoms with van der Waals surface area (Å²) in [6.07, 6.45) is 3.25. The second-order valence-electron chi connectivity index (χ2n) is 3.42. The van der Waals surface area contributed by atoms with Crippen LogP contribution in [0.2, 0.25) is 0 Å². The lowest BCUT2D eigenvalue weighted by Crippen LogP contribution is -2.03. The van der Waals surface area contributed by atoms with Gasteiger partial charge in [0, 0.05) is 18.0 Å². The van der Waals surface area contributed by atoms with Gasteiger partial charge in [-0.3, -0.25) is 4.98 Å². The van der Waals surface area contributed by atoms with Crippen LogP contribution in [0.5, 0.6) is 5.75 Å². The number of ether oxygens (including phenoxy) is 1. The first-order valence-electron chi connectivity index (χ1n) is 5.04. The van der Waals surface area contributed by atoms with Gasteiger partial charge in [-0.15, -0.1) is 0 Å². The molecule has 0 aliphatic carbocycles. The number of carboxylic acids is 1. The molecule has 17 heavy (non-hydrogen) atoms. The summed E-state index contributed by atoms with van der Waals surface area (Å²) in [5.41, 5.74) is 1.59. The first kappa shape index (κ1) is 11.1. The topological polar surface area (TPSA) is 59.4 Å². The normalized spacial score (nSPS) is 9.94. The second kappa shape index (κ2) is 4.65. The summed E-state index contributed by atoms with van der Waals surface area (Å²) in [5.74, 6) is -0.652. The first-order chi connectivity index (χ1) is 8.24. The molecule has 0 spiro atoms. The van der Waals surface area contributed by atoms with Crippen molar-refractivity contribution in [1.82, 2.24) is 4.98 Å². The molecule has 1 N–H and O–H groups in total. The van der Waals surface area contributed by atoms with E-state index in [9.17, 15) is 9.90 Å². The van der Waals surface area contributed by atoms with E-state index in [0.717, 1.165) is 5.56 Å². The number of aromatic carboxylic acids is 1. The van der Waals surface area contributed by atoms with Crippen molar-refractivity contribution >= 4 is 5.97 Å². The summed E-state index contributed by atoms with van der Waals surface area (Å²) in [6.45, 7) is 0. The van der Waals surface area contributed by atoms with Crippen LogP contribution in [0, 0.1) is 0 Å². The molecule has 0 fully saturated rings. The minimum absolute atomic E-state index is 0.168. The van der Waals surface area contributed by atoms with Crippen LogP contribution >= 0.6 is 0 Å². The minimum atomic E-state index is -1.01. The Labute approximate surface area is 98.5 Å². The number of pyridine rings is 1. The van der Waals surface area contributed by atoms with Crippen molar-refractivity contribution in [3.8, 4) is 16.9 Å². The average molecular weight is 229 g/mol. The van der Waals surface area contributed by atoms with E-state index in [2.05, 4.69) is 4.98 Å². The van der Waals surface area contributed by atoms with Gasteiger partial charge in [0.1, 0.15) is 11.3 Å². The number of hydrogen-bond donors (Lipinski definition) is 1. The summed E-state index contributed by atoms with van der Waals surface area (Å²) in [6, 6.07) is 8.68. The summed E-state index contributed by atoms with van der Waals surface area (Å²) < 4.78 is 5.07. The maximum Gasteiger partial charge on any atom is 0.340 e. The Morgan fingerprint density at radius 1 is 1.24 bits per heavy atom. The predicted molar refractivity (Wildman–Crippen MR) is 63.2 cm³/mol. The molecule has 0 bridgehead atoms. The number of benzene rings is 1. The molecular formula is C13H11NO3. The van der Waals surface area contributed by atoms with Crippen LogP contribution in [-0.4, -0.2) is 23.2 Å². The molecule has 0 aliphatic rings. The van der Waals surface area contributed by atoms with Crippen molar-refractivity contribution in [2.45, 2.75) is 0 Å². The quantitative estimate of drug-likeness (QED) is 0.878. The van der Waals surface area contributed by atoms with Crippen LogP contribution in [0.4, 0.5) is 0 Å². The van der Waals surface area contributed by atoms with Gasteiger partial charge in [-0.1, -0.05) is 12.1 Å². The highest BCUT2D eigenvalue weighted by molar-refractivity contribution is 5.98. The highest BCUT2D eigenvalue weighted by Gasteiger charge is 2.16. The van der Waals surface area contributed by atoms with Crippen molar-refractivity contribution in [2.24, 2.45) is 0 Å². The Morgan fingerprint density at radius 3 is 2.53 bits per heavy atom. The summed E-state index contributed by atoms with van der Waals surface area (Å²) in [4.78, 5) is 15.2. The molecule has 1 aromatic carbocycles. The molecule has 86 valence electrons. The average Bonchev–Trinajstić information content (AvgIpc) is 2.38. The molecule has 0 amide bonds. The monoisotopic (exact) mass is 229 g/mol. The highest BCUT2D eigenvalue weighted by Crippen LogP contribution is 2.30. The van der Waals surface area contributed by atoms with Crippen molar-refractivity contribution in [1.29, 1.82) is 0 Å². The fraction of sp³-hybridized carbons (Fsp3) is 0.0769. The summed E-state index contributed by atoms with van der Waals surface area (Å²) >= 11 is 0. The van der Waals surface area contributed by atoms with Gasteiger partial charge in [0.15, 0.2) is 0 Å². The molecule has 0 saturated heterocycles. The molecule has 0 saturated carbocycles. The van der Waals surface area contributed by atoms with Crippen molar-refractivity contribution in [3.05, 3.63) is 48.3 Å². The van der Waals surface area contributed by atoms with Crippen LogP contribution < -0.4 is 4.74 Å². The number of carbonyl (C=O) groups is 1. The lowest BCUT2D eigenvalue weighted by molar-refractivity contribution is 0.0694. The fourth-order valence-corrected chi connectivity index (χ4v) is 1.69. The zero-order valence-electron chi connectivity index (χ0n) is 9.25. The summed E-state index contributed by atoms with van der Waals surface area (Å²) in [7, 11) is 1.46. The Kier molecular flexibility index (Phi) is 3.05. The maximum atomic E-state index is 11.3. The largest absolute Gasteiger partial charge is 0.496 e. The molecule has 0 unspecified atom stereocenters. The molecule has 2 aromatic rings. The molecule has 0 aliphatic heterocycles. The number of aromatic nitrogens is 1. The molecule has 2 rings (SSSR count). The van der Waals surface area contributed by atoms with Gasteiger partial charge in [-0.05, 0) is 23.8 Å². The lowest BCUT2D eigenvalue weighted by Gasteiger charge is -2.10. The van der Waals surface area contributed by atoms with E-state index in [0.29, 0.717) is 11.3 Å². The van der Waals surface area contributed by atoms with E-state index < -0.39 is 5.97 Å². The van der Waals surface area contributed by atoms with E-state index in [4.69, 9.17) is 4.74 Å². The zero-order chi connectivity index (χ0) is 12.3. The van der Waals surface area contributed by atoms with Gasteiger partial charge in [-0.25, -0.2) is 4.79 Å². The minimum Gasteiger partial charge on any atom is -0.496 e. The molecular weight excluding hydrogens is 218 g/mol. The van der Waals surface area contributed by atoms with E-state index in [-0.39, 0.29) is 5.56 Å². The van der Waals surface area contributed by atoms with Crippen molar-refractivity contribution in [2.75, 3.05) is 7.11 Å². The second-order valence-corrected chi connectivity index (χ2v) is 3.42. The zero-order valence-corrected chi connectivity index (χ0v) is 9.25. The van der Waals surface area contributed by atoms with Gasteiger partial charge in [-0.2, -0.15) is 0 Å². The van der Waals surface area contributed by atoms with Crippen molar-refractivity contribution in [3.63, 3.8) is 0 Å². The van der Waals surface area contributed by atoms with Crippen molar-refractivity contribution < 1.29 is 14.6 Å². The number of hydrogen-bond acceptors (Lipinski definition) is 3. The van der Waals surface area contributed by atoms with Gasteiger partial charge in [0.05, 0.1) is 7.11 Å². The van der Waals surface area contributed by atoms with Crippen LogP contribution in [0.15, 0.2) is 42.7 Å². The molecule has 4 nitrogen and oxygen atoms in total. The number of methoxy groups -OCH3 is 1. The maximum absolute atomic E-state index is 11.3. The SMILES string of the molecule is COc1cccc(-c2ccncc2)c1C(=O)O. The number of rotatable bonds is 3. The van der Waals surface area contributed by atoms with E-state index >= 15 is 0 Å². The van der Waals surface area contributed by atoms with Gasteiger partial charge in [0.25, 0.3) is 0 Å². The predicted octanol–water partition coefficient (Wildman–Crippen LogP) is 2.46. The van der Waals surface area contributed by atoms with Crippen LogP contribution in [-0.2, 0) is 0 Å². The summed E-state index contributed by atoms with van der Waals surface area (Å²) in [5, 5.41) is 9.24. The van der Waals surface area contributed by atoms with Crippen LogP contribution in [0.25, 0.3) is 11.1 Å². The molecule has 0 radical (unpaired) electrons. The Morgan fingerprint density at radius 2 is 1.94 bits per heavy atom. The molecule has 0 atom stereocenters. The first-order valence-corrected chi connectivity index (χ1v) is 5.04. The third-order valence-corrected chi connectivity index (χ3v) is 2.45. The standard InChI is InChI=1S/C13H11NO3/c1-17-11-4-2-3-10(12(11)13(15)16)9-5-7-14-8-6-9/h2-8H,1H3,(H,15,16). The van der Waals surface area contributed by atoms with E-state index in [1.54, 1.807) is 42.7 Å². The Balaban J connectivity index is 2.66. The number of nitrogens with zero attached hydrogens (tertiary/aromatic N) is 1. The van der Waals surface area contributed by atoms with Gasteiger partial charge in [0.2, 0.25) is 0 Å². The highest BCUT2D eigenvalue weighted by atomic mass is 16.5. The molecule has 4 heteroatoms. The molecule has 1 heterocycles. The van der Waals surface area contributed by atoms with Crippen LogP contribution in [0.3, 0.4) is 0 Å². The third kappa shape index (κ3) is 2.10. The lowest BCUT2D eigenvalue weighted by atomic mass is 10.00. The van der Waals surface area contributed by atoms with Gasteiger partial charge >= 0.3 is 5.97 Å². The Bertz CT molecular complexity index is 538. The fourth-order valence-electron chi connectivity index (χ4n) is 1.69. The molecule has 1 aromatic heterocycles.